The quantitative estimate of drug-likeness (QED) is 0.631. The Hall–Kier alpha value is -0.0800. The second-order valence-corrected chi connectivity index (χ2v) is 4.66. The van der Waals surface area contributed by atoms with Crippen LogP contribution in [0.25, 0.3) is 0 Å². The number of likely N-dealkylation sites (tertiary alicyclic amines) is 1. The third-order valence-corrected chi connectivity index (χ3v) is 3.67. The van der Waals surface area contributed by atoms with Gasteiger partial charge in [0.25, 0.3) is 0 Å². The molecule has 0 spiro atoms. The molecule has 0 bridgehead atoms. The monoisotopic (exact) mass is 168 g/mol. The maximum atomic E-state index is 5.71. The van der Waals surface area contributed by atoms with E-state index in [0.29, 0.717) is 0 Å². The third kappa shape index (κ3) is 1.50. The lowest BCUT2D eigenvalue weighted by molar-refractivity contribution is 0.229. The van der Waals surface area contributed by atoms with Crippen molar-refractivity contribution in [3.63, 3.8) is 0 Å². The summed E-state index contributed by atoms with van der Waals surface area (Å²) in [5.74, 6) is 2.80. The Morgan fingerprint density at radius 2 is 2.00 bits per heavy atom. The van der Waals surface area contributed by atoms with Crippen LogP contribution in [0.4, 0.5) is 0 Å². The van der Waals surface area contributed by atoms with Crippen LogP contribution >= 0.6 is 0 Å². The zero-order valence-corrected chi connectivity index (χ0v) is 8.00. The molecule has 0 aromatic heterocycles. The normalized spacial score (nSPS) is 43.0. The maximum Gasteiger partial charge on any atom is 0.000996 e. The highest BCUT2D eigenvalue weighted by Crippen LogP contribution is 2.37. The van der Waals surface area contributed by atoms with Crippen LogP contribution in [0.5, 0.6) is 0 Å². The van der Waals surface area contributed by atoms with Crippen LogP contribution < -0.4 is 5.73 Å². The molecule has 2 N–H and O–H groups in total. The van der Waals surface area contributed by atoms with Crippen LogP contribution in [0.1, 0.15) is 19.3 Å². The molecule has 1 aliphatic heterocycles. The van der Waals surface area contributed by atoms with Crippen molar-refractivity contribution in [2.24, 2.45) is 23.5 Å². The Morgan fingerprint density at radius 1 is 1.25 bits per heavy atom. The molecule has 0 aromatic rings. The van der Waals surface area contributed by atoms with E-state index in [2.05, 4.69) is 11.9 Å². The number of fused-ring (bicyclic) bond motifs is 1. The van der Waals surface area contributed by atoms with Gasteiger partial charge in [-0.15, -0.1) is 0 Å². The molecule has 2 heteroatoms. The van der Waals surface area contributed by atoms with Crippen molar-refractivity contribution in [1.82, 2.24) is 4.90 Å². The molecule has 2 aliphatic rings. The Labute approximate surface area is 75.1 Å². The van der Waals surface area contributed by atoms with Crippen molar-refractivity contribution in [3.05, 3.63) is 0 Å². The van der Waals surface area contributed by atoms with Gasteiger partial charge in [0.2, 0.25) is 0 Å². The average molecular weight is 168 g/mol. The topological polar surface area (TPSA) is 29.3 Å². The summed E-state index contributed by atoms with van der Waals surface area (Å²) in [6.07, 6.45) is 4.20. The summed E-state index contributed by atoms with van der Waals surface area (Å²) < 4.78 is 0. The van der Waals surface area contributed by atoms with E-state index in [1.165, 1.54) is 32.4 Å². The highest BCUT2D eigenvalue weighted by atomic mass is 15.1. The highest BCUT2D eigenvalue weighted by molar-refractivity contribution is 4.88. The van der Waals surface area contributed by atoms with Crippen molar-refractivity contribution in [2.45, 2.75) is 19.3 Å². The van der Waals surface area contributed by atoms with E-state index in [1.807, 2.05) is 0 Å². The third-order valence-electron chi connectivity index (χ3n) is 3.67. The van der Waals surface area contributed by atoms with Gasteiger partial charge < -0.3 is 10.6 Å². The van der Waals surface area contributed by atoms with Crippen molar-refractivity contribution in [2.75, 3.05) is 26.7 Å². The van der Waals surface area contributed by atoms with Gasteiger partial charge in [-0.3, -0.25) is 0 Å². The van der Waals surface area contributed by atoms with Crippen molar-refractivity contribution in [3.8, 4) is 0 Å². The molecule has 1 saturated heterocycles. The molecule has 1 saturated carbocycles. The van der Waals surface area contributed by atoms with Gasteiger partial charge in [-0.1, -0.05) is 0 Å². The minimum Gasteiger partial charge on any atom is -0.330 e. The summed E-state index contributed by atoms with van der Waals surface area (Å²) >= 11 is 0. The molecule has 2 fully saturated rings. The second kappa shape index (κ2) is 3.35. The van der Waals surface area contributed by atoms with Gasteiger partial charge in [-0.05, 0) is 50.6 Å². The van der Waals surface area contributed by atoms with Gasteiger partial charge >= 0.3 is 0 Å². The van der Waals surface area contributed by atoms with E-state index in [1.54, 1.807) is 0 Å². The van der Waals surface area contributed by atoms with Crippen molar-refractivity contribution < 1.29 is 0 Å². The summed E-state index contributed by atoms with van der Waals surface area (Å²) in [7, 11) is 2.25. The number of hydrogen-bond acceptors (Lipinski definition) is 2. The first-order valence-electron chi connectivity index (χ1n) is 5.18. The van der Waals surface area contributed by atoms with Crippen LogP contribution in [0.2, 0.25) is 0 Å². The predicted molar refractivity (Wildman–Crippen MR) is 50.9 cm³/mol. The van der Waals surface area contributed by atoms with Crippen molar-refractivity contribution >= 4 is 0 Å². The van der Waals surface area contributed by atoms with E-state index in [0.717, 1.165) is 24.3 Å². The van der Waals surface area contributed by atoms with E-state index in [9.17, 15) is 0 Å². The first kappa shape index (κ1) is 8.52. The van der Waals surface area contributed by atoms with Crippen LogP contribution in [-0.4, -0.2) is 31.6 Å². The number of nitrogens with zero attached hydrogens (tertiary/aromatic N) is 1. The predicted octanol–water partition coefficient (Wildman–Crippen LogP) is 0.923. The molecule has 0 radical (unpaired) electrons. The van der Waals surface area contributed by atoms with Gasteiger partial charge in [0.15, 0.2) is 0 Å². The summed E-state index contributed by atoms with van der Waals surface area (Å²) in [4.78, 5) is 2.48. The van der Waals surface area contributed by atoms with E-state index >= 15 is 0 Å². The van der Waals surface area contributed by atoms with Gasteiger partial charge in [-0.2, -0.15) is 0 Å². The average Bonchev–Trinajstić information content (AvgIpc) is 2.43. The number of nitrogens with two attached hydrogens (primary N) is 1. The molecule has 0 amide bonds. The van der Waals surface area contributed by atoms with E-state index in [4.69, 9.17) is 5.73 Å². The number of hydrogen-bond donors (Lipinski definition) is 1. The molecule has 3 atom stereocenters. The Balaban J connectivity index is 1.93. The molecule has 3 unspecified atom stereocenters. The lowest BCUT2D eigenvalue weighted by Gasteiger charge is -2.30. The largest absolute Gasteiger partial charge is 0.330 e. The van der Waals surface area contributed by atoms with Crippen LogP contribution in [0.15, 0.2) is 0 Å². The second-order valence-electron chi connectivity index (χ2n) is 4.66. The molecule has 70 valence electrons. The SMILES string of the molecule is CN1CC2CCC(CN)CC2C1. The zero-order valence-electron chi connectivity index (χ0n) is 8.00. The van der Waals surface area contributed by atoms with E-state index in [-0.39, 0.29) is 0 Å². The van der Waals surface area contributed by atoms with Gasteiger partial charge in [-0.25, -0.2) is 0 Å². The van der Waals surface area contributed by atoms with Crippen molar-refractivity contribution in [1.29, 1.82) is 0 Å². The fraction of sp³-hybridized carbons (Fsp3) is 1.00. The Kier molecular flexibility index (Phi) is 2.37. The molecule has 0 aromatic carbocycles. The highest BCUT2D eigenvalue weighted by Gasteiger charge is 2.35. The van der Waals surface area contributed by atoms with Gasteiger partial charge in [0.05, 0.1) is 0 Å². The fourth-order valence-electron chi connectivity index (χ4n) is 2.98. The summed E-state index contributed by atoms with van der Waals surface area (Å²) in [5.41, 5.74) is 5.71. The maximum absolute atomic E-state index is 5.71. The van der Waals surface area contributed by atoms with Gasteiger partial charge in [0, 0.05) is 13.1 Å². The lowest BCUT2D eigenvalue weighted by atomic mass is 9.76. The van der Waals surface area contributed by atoms with Gasteiger partial charge in [0.1, 0.15) is 0 Å². The minimum absolute atomic E-state index is 0.831. The van der Waals surface area contributed by atoms with Crippen LogP contribution in [0, 0.1) is 17.8 Å². The molecular formula is C10H20N2. The minimum atomic E-state index is 0.831. The fourth-order valence-corrected chi connectivity index (χ4v) is 2.98. The van der Waals surface area contributed by atoms with Crippen LogP contribution in [0.3, 0.4) is 0 Å². The Morgan fingerprint density at radius 3 is 2.75 bits per heavy atom. The molecule has 1 aliphatic carbocycles. The molecule has 2 rings (SSSR count). The van der Waals surface area contributed by atoms with E-state index < -0.39 is 0 Å². The lowest BCUT2D eigenvalue weighted by Crippen LogP contribution is -2.27. The molecule has 1 heterocycles. The number of rotatable bonds is 1. The smallest absolute Gasteiger partial charge is 0.000996 e. The first-order valence-corrected chi connectivity index (χ1v) is 5.18. The zero-order chi connectivity index (χ0) is 8.55. The molecular weight excluding hydrogens is 148 g/mol. The summed E-state index contributed by atoms with van der Waals surface area (Å²) in [5, 5.41) is 0. The molecule has 12 heavy (non-hydrogen) atoms. The summed E-state index contributed by atoms with van der Waals surface area (Å²) in [6, 6.07) is 0. The first-order chi connectivity index (χ1) is 5.79. The standard InChI is InChI=1S/C10H20N2/c1-12-6-9-3-2-8(5-11)4-10(9)7-12/h8-10H,2-7,11H2,1H3. The summed E-state index contributed by atoms with van der Waals surface area (Å²) in [6.45, 7) is 3.57. The molecule has 2 nitrogen and oxygen atoms in total. The van der Waals surface area contributed by atoms with Crippen LogP contribution in [-0.2, 0) is 0 Å². The Bertz CT molecular complexity index is 158.